The Balaban J connectivity index is 3.41. The Labute approximate surface area is 119 Å². The van der Waals surface area contributed by atoms with E-state index in [4.69, 9.17) is 11.6 Å². The van der Waals surface area contributed by atoms with Gasteiger partial charge in [-0.05, 0) is 12.8 Å². The van der Waals surface area contributed by atoms with Crippen LogP contribution in [-0.4, -0.2) is 48.8 Å². The fourth-order valence-electron chi connectivity index (χ4n) is 2.38. The van der Waals surface area contributed by atoms with Crippen LogP contribution in [0.5, 0.6) is 0 Å². The Bertz CT molecular complexity index is 185. The molecule has 3 heteroatoms. The monoisotopic (exact) mass is 278 g/mol. The van der Waals surface area contributed by atoms with Gasteiger partial charge in [0, 0.05) is 0 Å². The van der Waals surface area contributed by atoms with Gasteiger partial charge in [0.1, 0.15) is 12.6 Å². The summed E-state index contributed by atoms with van der Waals surface area (Å²) in [4.78, 5) is 0. The van der Waals surface area contributed by atoms with Crippen molar-refractivity contribution in [3.05, 3.63) is 0 Å². The molecule has 0 rings (SSSR count). The molecule has 110 valence electrons. The number of quaternary nitrogens is 1. The van der Waals surface area contributed by atoms with Crippen molar-refractivity contribution in [1.29, 1.82) is 0 Å². The molecule has 1 N–H and O–H groups in total. The second-order valence-corrected chi connectivity index (χ2v) is 6.43. The highest BCUT2D eigenvalue weighted by molar-refractivity contribution is 6.18. The molecule has 0 heterocycles. The van der Waals surface area contributed by atoms with Gasteiger partial charge in [-0.15, -0.1) is 11.6 Å². The van der Waals surface area contributed by atoms with E-state index in [2.05, 4.69) is 21.0 Å². The Kier molecular flexibility index (Phi) is 11.2. The number of rotatable bonds is 12. The van der Waals surface area contributed by atoms with Crippen LogP contribution in [0.1, 0.15) is 58.3 Å². The maximum absolute atomic E-state index is 9.57. The molecule has 0 aromatic heterocycles. The van der Waals surface area contributed by atoms with Gasteiger partial charge in [-0.1, -0.05) is 45.4 Å². The smallest absolute Gasteiger partial charge is 0.116 e. The van der Waals surface area contributed by atoms with Gasteiger partial charge in [0.25, 0.3) is 0 Å². The van der Waals surface area contributed by atoms with Crippen LogP contribution in [0.3, 0.4) is 0 Å². The van der Waals surface area contributed by atoms with E-state index in [9.17, 15) is 5.11 Å². The number of hydrogen-bond acceptors (Lipinski definition) is 1. The maximum Gasteiger partial charge on any atom is 0.116 e. The minimum absolute atomic E-state index is 0.346. The fraction of sp³-hybridized carbons (Fsp3) is 1.00. The number of likely N-dealkylation sites (N-methyl/N-ethyl adjacent to an activating group) is 1. The molecule has 0 aliphatic rings. The van der Waals surface area contributed by atoms with E-state index < -0.39 is 0 Å². The van der Waals surface area contributed by atoms with Gasteiger partial charge in [-0.25, -0.2) is 0 Å². The molecule has 0 saturated heterocycles. The van der Waals surface area contributed by atoms with Crippen LogP contribution in [0.25, 0.3) is 0 Å². The Morgan fingerprint density at radius 1 is 0.944 bits per heavy atom. The summed E-state index contributed by atoms with van der Waals surface area (Å²) < 4.78 is 0.879. The first-order valence-electron chi connectivity index (χ1n) is 7.58. The van der Waals surface area contributed by atoms with Crippen LogP contribution in [0.2, 0.25) is 0 Å². The lowest BCUT2D eigenvalue weighted by molar-refractivity contribution is -0.893. The van der Waals surface area contributed by atoms with Crippen molar-refractivity contribution < 1.29 is 9.59 Å². The highest BCUT2D eigenvalue weighted by atomic mass is 35.5. The maximum atomic E-state index is 9.57. The molecule has 0 fully saturated rings. The van der Waals surface area contributed by atoms with Gasteiger partial charge < -0.3 is 9.59 Å². The zero-order chi connectivity index (χ0) is 13.9. The summed E-state index contributed by atoms with van der Waals surface area (Å²) in [5, 5.41) is 9.57. The quantitative estimate of drug-likeness (QED) is 0.327. The second kappa shape index (κ2) is 11.1. The van der Waals surface area contributed by atoms with Crippen molar-refractivity contribution >= 4 is 11.6 Å². The number of aliphatic hydroxyl groups is 1. The first-order valence-corrected chi connectivity index (χ1v) is 8.11. The SMILES string of the molecule is CCCCCCCCCC[N+](C)(C)CC(O)CCl. The molecule has 0 spiro atoms. The predicted molar refractivity (Wildman–Crippen MR) is 81.2 cm³/mol. The van der Waals surface area contributed by atoms with Crippen molar-refractivity contribution in [3.8, 4) is 0 Å². The first kappa shape index (κ1) is 18.2. The van der Waals surface area contributed by atoms with E-state index in [1.807, 2.05) is 0 Å². The number of hydrogen-bond donors (Lipinski definition) is 1. The summed E-state index contributed by atoms with van der Waals surface area (Å²) in [5.74, 6) is 0.346. The highest BCUT2D eigenvalue weighted by Gasteiger charge is 2.19. The van der Waals surface area contributed by atoms with Crippen molar-refractivity contribution in [1.82, 2.24) is 0 Å². The van der Waals surface area contributed by atoms with E-state index in [-0.39, 0.29) is 6.10 Å². The Morgan fingerprint density at radius 3 is 1.94 bits per heavy atom. The van der Waals surface area contributed by atoms with Crippen LogP contribution >= 0.6 is 11.6 Å². The van der Waals surface area contributed by atoms with E-state index in [0.29, 0.717) is 5.88 Å². The van der Waals surface area contributed by atoms with Crippen LogP contribution in [-0.2, 0) is 0 Å². The van der Waals surface area contributed by atoms with Crippen LogP contribution in [0.15, 0.2) is 0 Å². The van der Waals surface area contributed by atoms with E-state index in [1.54, 1.807) is 0 Å². The lowest BCUT2D eigenvalue weighted by atomic mass is 10.1. The van der Waals surface area contributed by atoms with Crippen molar-refractivity contribution in [2.45, 2.75) is 64.4 Å². The zero-order valence-corrected chi connectivity index (χ0v) is 13.4. The van der Waals surface area contributed by atoms with Gasteiger partial charge in [0.15, 0.2) is 0 Å². The molecule has 1 unspecified atom stereocenters. The molecule has 18 heavy (non-hydrogen) atoms. The minimum Gasteiger partial charge on any atom is -0.386 e. The molecule has 0 aromatic carbocycles. The summed E-state index contributed by atoms with van der Waals surface area (Å²) in [6.07, 6.45) is 10.5. The lowest BCUT2D eigenvalue weighted by Gasteiger charge is -2.31. The first-order chi connectivity index (χ1) is 8.52. The number of nitrogens with zero attached hydrogens (tertiary/aromatic N) is 1. The van der Waals surface area contributed by atoms with Gasteiger partial charge in [0.05, 0.1) is 26.5 Å². The molecule has 0 radical (unpaired) electrons. The van der Waals surface area contributed by atoms with Crippen LogP contribution < -0.4 is 0 Å². The summed E-state index contributed by atoms with van der Waals surface area (Å²) in [6, 6.07) is 0. The second-order valence-electron chi connectivity index (χ2n) is 6.12. The molecule has 0 aliphatic carbocycles. The molecule has 0 aromatic rings. The summed E-state index contributed by atoms with van der Waals surface area (Å²) in [7, 11) is 4.36. The van der Waals surface area contributed by atoms with Gasteiger partial charge in [-0.3, -0.25) is 0 Å². The number of aliphatic hydroxyl groups excluding tert-OH is 1. The molecule has 1 atom stereocenters. The van der Waals surface area contributed by atoms with Crippen molar-refractivity contribution in [2.24, 2.45) is 0 Å². The average molecular weight is 279 g/mol. The van der Waals surface area contributed by atoms with E-state index in [0.717, 1.165) is 17.6 Å². The normalized spacial score (nSPS) is 13.8. The largest absolute Gasteiger partial charge is 0.386 e. The minimum atomic E-state index is -0.365. The van der Waals surface area contributed by atoms with Crippen molar-refractivity contribution in [2.75, 3.05) is 33.1 Å². The van der Waals surface area contributed by atoms with E-state index >= 15 is 0 Å². The molecule has 0 aliphatic heterocycles. The number of unbranched alkanes of at least 4 members (excludes halogenated alkanes) is 7. The highest BCUT2D eigenvalue weighted by Crippen LogP contribution is 2.10. The van der Waals surface area contributed by atoms with Crippen molar-refractivity contribution in [3.63, 3.8) is 0 Å². The molecule has 0 saturated carbocycles. The van der Waals surface area contributed by atoms with Crippen LogP contribution in [0.4, 0.5) is 0 Å². The molecule has 0 amide bonds. The third-order valence-electron chi connectivity index (χ3n) is 3.50. The average Bonchev–Trinajstić information content (AvgIpc) is 2.31. The lowest BCUT2D eigenvalue weighted by Crippen LogP contribution is -2.46. The van der Waals surface area contributed by atoms with E-state index in [1.165, 1.54) is 51.4 Å². The number of halogens is 1. The fourth-order valence-corrected chi connectivity index (χ4v) is 2.48. The standard InChI is InChI=1S/C15H33ClNO/c1-4-5-6-7-8-9-10-11-12-17(2,3)14-15(18)13-16/h15,18H,4-14H2,1-3H3/q+1. The van der Waals surface area contributed by atoms with Gasteiger partial charge >= 0.3 is 0 Å². The summed E-state index contributed by atoms with van der Waals surface area (Å²) >= 11 is 5.64. The van der Waals surface area contributed by atoms with Gasteiger partial charge in [0.2, 0.25) is 0 Å². The Hall–Kier alpha value is 0.210. The van der Waals surface area contributed by atoms with Gasteiger partial charge in [-0.2, -0.15) is 0 Å². The molecular formula is C15H33ClNO+. The van der Waals surface area contributed by atoms with Crippen LogP contribution in [0, 0.1) is 0 Å². The summed E-state index contributed by atoms with van der Waals surface area (Å²) in [5.41, 5.74) is 0. The predicted octanol–water partition coefficient (Wildman–Crippen LogP) is 3.80. The third-order valence-corrected chi connectivity index (χ3v) is 3.86. The third kappa shape index (κ3) is 11.3. The Morgan fingerprint density at radius 2 is 1.44 bits per heavy atom. The topological polar surface area (TPSA) is 20.2 Å². The molecule has 2 nitrogen and oxygen atoms in total. The zero-order valence-electron chi connectivity index (χ0n) is 12.6. The summed E-state index contributed by atoms with van der Waals surface area (Å²) in [6.45, 7) is 4.16. The number of alkyl halides is 1. The molecule has 0 bridgehead atoms. The molecular weight excluding hydrogens is 246 g/mol.